The van der Waals surface area contributed by atoms with Gasteiger partial charge in [0.1, 0.15) is 12.1 Å². The van der Waals surface area contributed by atoms with Crippen molar-refractivity contribution >= 4 is 86.6 Å². The summed E-state index contributed by atoms with van der Waals surface area (Å²) in [7, 11) is 0. The molecule has 6 aromatic rings. The highest BCUT2D eigenvalue weighted by atomic mass is 35.5. The second-order valence-corrected chi connectivity index (χ2v) is 18.3. The Kier molecular flexibility index (Phi) is 22.9. The molecule has 0 saturated heterocycles. The first-order chi connectivity index (χ1) is 35.2. The van der Waals surface area contributed by atoms with Gasteiger partial charge >= 0.3 is 6.03 Å². The van der Waals surface area contributed by atoms with Crippen molar-refractivity contribution in [2.45, 2.75) is 92.2 Å². The van der Waals surface area contributed by atoms with Crippen LogP contribution in [0.15, 0.2) is 109 Å². The first-order valence-corrected chi connectivity index (χ1v) is 25.2. The Labute approximate surface area is 449 Å². The Bertz CT molecular complexity index is 2910. The second kappa shape index (κ2) is 28.4. The van der Waals surface area contributed by atoms with E-state index in [0.717, 1.165) is 35.2 Å². The molecule has 0 saturated carbocycles. The number of amides is 2. The van der Waals surface area contributed by atoms with Gasteiger partial charge in [0.15, 0.2) is 0 Å². The fourth-order valence-corrected chi connectivity index (χ4v) is 9.08. The molecule has 0 aliphatic rings. The summed E-state index contributed by atoms with van der Waals surface area (Å²) in [5, 5.41) is 52.8. The predicted molar refractivity (Wildman–Crippen MR) is 297 cm³/mol. The SMILES string of the molecule is CCc1c(Cl)cc([N+](=O)[O-])c(CC)c1N.CCc1ccc(N(C(=O)Nc2c(CC)c(Cl)cc([N+](=O)[O-])c2CC)C(C[N+](=O)[O-])c2ccc(Cl)cc2)cc1.CCc1ccc(NC(C[N+](=O)[O-])c2ccc(Cl)cc2)cc1. The van der Waals surface area contributed by atoms with E-state index in [1.165, 1.54) is 22.6 Å². The molecule has 2 unspecified atom stereocenters. The zero-order chi connectivity index (χ0) is 54.8. The number of urea groups is 1. The van der Waals surface area contributed by atoms with E-state index in [0.29, 0.717) is 68.0 Å². The van der Waals surface area contributed by atoms with Crippen LogP contribution in [0.4, 0.5) is 38.9 Å². The van der Waals surface area contributed by atoms with Gasteiger partial charge in [-0.05, 0) is 120 Å². The van der Waals surface area contributed by atoms with Gasteiger partial charge in [0.2, 0.25) is 13.1 Å². The number of halogens is 4. The molecule has 2 atom stereocenters. The van der Waals surface area contributed by atoms with Gasteiger partial charge in [0.05, 0.1) is 36.7 Å². The Morgan fingerprint density at radius 2 is 0.986 bits per heavy atom. The van der Waals surface area contributed by atoms with E-state index >= 15 is 0 Å². The van der Waals surface area contributed by atoms with E-state index in [-0.39, 0.29) is 46.0 Å². The molecule has 4 N–H and O–H groups in total. The molecule has 2 amide bonds. The van der Waals surface area contributed by atoms with E-state index in [1.54, 1.807) is 55.5 Å². The first-order valence-electron chi connectivity index (χ1n) is 23.7. The maximum Gasteiger partial charge on any atom is 0.327 e. The molecule has 17 nitrogen and oxygen atoms in total. The quantitative estimate of drug-likeness (QED) is 0.0391. The Morgan fingerprint density at radius 1 is 0.554 bits per heavy atom. The zero-order valence-corrected chi connectivity index (χ0v) is 44.7. The third-order valence-electron chi connectivity index (χ3n) is 12.1. The topological polar surface area (TPSA) is 243 Å². The van der Waals surface area contributed by atoms with Crippen molar-refractivity contribution in [3.05, 3.63) is 214 Å². The monoisotopic (exact) mass is 1090 g/mol. The Balaban J connectivity index is 0.000000274. The van der Waals surface area contributed by atoms with Crippen molar-refractivity contribution in [2.75, 3.05) is 34.4 Å². The molecule has 0 radical (unpaired) electrons. The van der Waals surface area contributed by atoms with E-state index in [1.807, 2.05) is 76.2 Å². The fourth-order valence-electron chi connectivity index (χ4n) is 8.15. The lowest BCUT2D eigenvalue weighted by molar-refractivity contribution is -0.483. The van der Waals surface area contributed by atoms with Gasteiger partial charge in [0.25, 0.3) is 11.4 Å². The number of nitro benzene ring substituents is 2. The predicted octanol–water partition coefficient (Wildman–Crippen LogP) is 14.9. The average molecular weight is 1090 g/mol. The molecule has 21 heteroatoms. The fraction of sp³-hybridized carbons (Fsp3) is 0.302. The number of hydrogen-bond donors (Lipinski definition) is 3. The van der Waals surface area contributed by atoms with Crippen LogP contribution in [0.25, 0.3) is 0 Å². The van der Waals surface area contributed by atoms with Crippen LogP contribution in [0.3, 0.4) is 0 Å². The van der Waals surface area contributed by atoms with Gasteiger partial charge in [-0.25, -0.2) is 4.79 Å². The lowest BCUT2D eigenvalue weighted by Crippen LogP contribution is -2.41. The zero-order valence-electron chi connectivity index (χ0n) is 41.7. The number of nitrogens with one attached hydrogen (secondary N) is 2. The summed E-state index contributed by atoms with van der Waals surface area (Å²) in [6.07, 6.45) is 3.61. The maximum atomic E-state index is 14.0. The molecule has 74 heavy (non-hydrogen) atoms. The molecule has 0 heterocycles. The molecule has 0 aromatic heterocycles. The summed E-state index contributed by atoms with van der Waals surface area (Å²) >= 11 is 24.2. The number of rotatable bonds is 19. The Hall–Kier alpha value is -7.05. The number of nitrogens with zero attached hydrogens (tertiary/aromatic N) is 5. The molecule has 0 spiro atoms. The van der Waals surface area contributed by atoms with Gasteiger partial charge < -0.3 is 16.4 Å². The molecule has 0 bridgehead atoms. The molecule has 0 fully saturated rings. The number of aryl methyl sites for hydroxylation is 2. The highest BCUT2D eigenvalue weighted by Gasteiger charge is 2.33. The van der Waals surface area contributed by atoms with Crippen LogP contribution >= 0.6 is 46.4 Å². The summed E-state index contributed by atoms with van der Waals surface area (Å²) in [6, 6.07) is 29.3. The van der Waals surface area contributed by atoms with Crippen LogP contribution in [-0.2, 0) is 38.5 Å². The minimum Gasteiger partial charge on any atom is -0.398 e. The lowest BCUT2D eigenvalue weighted by atomic mass is 10.0. The number of carbonyl (C=O) groups is 1. The number of benzene rings is 6. The Morgan fingerprint density at radius 3 is 1.42 bits per heavy atom. The molecular weight excluding hydrogens is 1030 g/mol. The van der Waals surface area contributed by atoms with Crippen molar-refractivity contribution in [1.82, 2.24) is 0 Å². The van der Waals surface area contributed by atoms with Crippen molar-refractivity contribution in [1.29, 1.82) is 0 Å². The molecule has 392 valence electrons. The summed E-state index contributed by atoms with van der Waals surface area (Å²) in [5.41, 5.74) is 13.5. The third kappa shape index (κ3) is 16.0. The number of nitrogens with two attached hydrogens (primary N) is 1. The summed E-state index contributed by atoms with van der Waals surface area (Å²) < 4.78 is 0. The number of nitrogen functional groups attached to an aromatic ring is 1. The average Bonchev–Trinajstić information content (AvgIpc) is 3.37. The number of anilines is 4. The van der Waals surface area contributed by atoms with Crippen molar-refractivity contribution < 1.29 is 24.5 Å². The van der Waals surface area contributed by atoms with E-state index < -0.39 is 33.4 Å². The minimum atomic E-state index is -1.00. The van der Waals surface area contributed by atoms with Crippen LogP contribution in [0, 0.1) is 40.5 Å². The van der Waals surface area contributed by atoms with Gasteiger partial charge in [-0.15, -0.1) is 0 Å². The van der Waals surface area contributed by atoms with E-state index in [2.05, 4.69) is 17.6 Å². The van der Waals surface area contributed by atoms with Gasteiger partial charge in [-0.3, -0.25) is 45.4 Å². The first kappa shape index (κ1) is 59.5. The largest absolute Gasteiger partial charge is 0.398 e. The molecular formula is C53H58Cl4N8O9. The standard InChI is InChI=1S/C27H28Cl2N4O5.C16H17ClN2O2.C10H13ClN2O2/c1-4-17-7-13-20(14-8-17)32(25(16-31(35)36)18-9-11-19(28)12-10-18)27(34)30-26-21(5-2)23(29)15-24(33(37)38)22(26)6-3;1-2-12-3-9-15(10-4-12)18-16(11-19(20)21)13-5-7-14(17)8-6-13;1-3-6-8(11)5-9(13(14)15)7(4-2)10(6)12/h7-15,25H,4-6,16H2,1-3H3,(H,30,34);3-10,16,18H,2,11H2,1H3;5H,3-4,12H2,1-2H3. The van der Waals surface area contributed by atoms with Crippen molar-refractivity contribution in [3.63, 3.8) is 0 Å². The van der Waals surface area contributed by atoms with E-state index in [4.69, 9.17) is 52.1 Å². The third-order valence-corrected chi connectivity index (χ3v) is 13.2. The van der Waals surface area contributed by atoms with Crippen LogP contribution in [-0.4, -0.2) is 38.8 Å². The summed E-state index contributed by atoms with van der Waals surface area (Å²) in [5.74, 6) is 0. The number of carbonyl (C=O) groups excluding carboxylic acids is 1. The summed E-state index contributed by atoms with van der Waals surface area (Å²) in [4.78, 5) is 58.7. The molecule has 0 aliphatic heterocycles. The van der Waals surface area contributed by atoms with Crippen LogP contribution in [0.5, 0.6) is 0 Å². The normalized spacial score (nSPS) is 11.4. The van der Waals surface area contributed by atoms with Gasteiger partial charge in [-0.1, -0.05) is 136 Å². The van der Waals surface area contributed by atoms with Crippen LogP contribution < -0.4 is 21.3 Å². The number of hydrogen-bond acceptors (Lipinski definition) is 11. The smallest absolute Gasteiger partial charge is 0.327 e. The number of nitro groups is 4. The van der Waals surface area contributed by atoms with Crippen LogP contribution in [0.1, 0.15) is 98.1 Å². The van der Waals surface area contributed by atoms with Crippen LogP contribution in [0.2, 0.25) is 20.1 Å². The second-order valence-electron chi connectivity index (χ2n) is 16.6. The highest BCUT2D eigenvalue weighted by molar-refractivity contribution is 6.32. The van der Waals surface area contributed by atoms with Gasteiger partial charge in [-0.2, -0.15) is 0 Å². The molecule has 6 aromatic carbocycles. The highest BCUT2D eigenvalue weighted by Crippen LogP contribution is 2.39. The summed E-state index contributed by atoms with van der Waals surface area (Å²) in [6.45, 7) is 10.6. The van der Waals surface area contributed by atoms with E-state index in [9.17, 15) is 45.3 Å². The molecule has 6 rings (SSSR count). The van der Waals surface area contributed by atoms with Gasteiger partial charge in [0, 0.05) is 49.1 Å². The molecule has 0 aliphatic carbocycles. The minimum absolute atomic E-state index is 0.0113. The van der Waals surface area contributed by atoms with Crippen molar-refractivity contribution in [2.24, 2.45) is 0 Å². The lowest BCUT2D eigenvalue weighted by Gasteiger charge is -2.31. The van der Waals surface area contributed by atoms with Crippen molar-refractivity contribution in [3.8, 4) is 0 Å². The maximum absolute atomic E-state index is 14.0.